The Labute approximate surface area is 120 Å². The first-order chi connectivity index (χ1) is 9.78. The molecule has 1 fully saturated rings. The molecule has 0 radical (unpaired) electrons. The van der Waals surface area contributed by atoms with E-state index in [1.807, 2.05) is 0 Å². The van der Waals surface area contributed by atoms with Crippen LogP contribution >= 0.6 is 0 Å². The number of aliphatic hydroxyl groups excluding tert-OH is 1. The summed E-state index contributed by atoms with van der Waals surface area (Å²) in [7, 11) is 0. The predicted octanol–water partition coefficient (Wildman–Crippen LogP) is 2.73. The smallest absolute Gasteiger partial charge is 0.122 e. The van der Waals surface area contributed by atoms with E-state index in [1.54, 1.807) is 0 Å². The van der Waals surface area contributed by atoms with E-state index < -0.39 is 0 Å². The first-order valence-corrected chi connectivity index (χ1v) is 7.82. The van der Waals surface area contributed by atoms with E-state index >= 15 is 0 Å². The van der Waals surface area contributed by atoms with Gasteiger partial charge in [-0.25, -0.2) is 0 Å². The fourth-order valence-corrected chi connectivity index (χ4v) is 3.45. The lowest BCUT2D eigenvalue weighted by Gasteiger charge is -2.22. The van der Waals surface area contributed by atoms with E-state index in [-0.39, 0.29) is 12.2 Å². The van der Waals surface area contributed by atoms with Crippen molar-refractivity contribution in [1.82, 2.24) is 0 Å². The molecule has 1 aromatic rings. The number of fused-ring (bicyclic) bond motifs is 1. The van der Waals surface area contributed by atoms with Crippen LogP contribution in [0, 0.1) is 5.92 Å². The third-order valence-electron chi connectivity index (χ3n) is 4.64. The lowest BCUT2D eigenvalue weighted by atomic mass is 9.89. The zero-order valence-electron chi connectivity index (χ0n) is 12.2. The van der Waals surface area contributed by atoms with Gasteiger partial charge in [0, 0.05) is 18.9 Å². The zero-order valence-corrected chi connectivity index (χ0v) is 12.2. The Morgan fingerprint density at radius 2 is 2.25 bits per heavy atom. The molecule has 3 nitrogen and oxygen atoms in total. The minimum absolute atomic E-state index is 0.244. The summed E-state index contributed by atoms with van der Waals surface area (Å²) in [6, 6.07) is 6.43. The van der Waals surface area contributed by atoms with Gasteiger partial charge in [-0.1, -0.05) is 19.1 Å². The Morgan fingerprint density at radius 1 is 1.35 bits per heavy atom. The van der Waals surface area contributed by atoms with Crippen LogP contribution in [0.1, 0.15) is 37.3 Å². The van der Waals surface area contributed by atoms with Crippen LogP contribution in [0.3, 0.4) is 0 Å². The van der Waals surface area contributed by atoms with Gasteiger partial charge in [0.1, 0.15) is 5.75 Å². The molecule has 2 aliphatic rings. The van der Waals surface area contributed by atoms with Crippen molar-refractivity contribution in [3.05, 3.63) is 29.3 Å². The lowest BCUT2D eigenvalue weighted by molar-refractivity contribution is 0.0280. The maximum Gasteiger partial charge on any atom is 0.122 e. The van der Waals surface area contributed by atoms with Crippen molar-refractivity contribution in [3.8, 4) is 5.75 Å². The highest BCUT2D eigenvalue weighted by Crippen LogP contribution is 2.30. The zero-order chi connectivity index (χ0) is 13.9. The molecule has 0 spiro atoms. The molecule has 0 saturated carbocycles. The number of rotatable bonds is 5. The van der Waals surface area contributed by atoms with Crippen molar-refractivity contribution in [2.24, 2.45) is 5.92 Å². The molecular weight excluding hydrogens is 252 g/mol. The molecule has 20 heavy (non-hydrogen) atoms. The Kier molecular flexibility index (Phi) is 4.27. The summed E-state index contributed by atoms with van der Waals surface area (Å²) < 4.78 is 11.2. The standard InChI is InChI=1S/C17H24O3/c1-2-16-14(8-10-19-16)15(18)5-3-12-4-6-17-13(11-12)7-9-20-17/h4,6,11,14-16,18H,2-3,5,7-10H2,1H3. The molecule has 2 heterocycles. The molecule has 0 aliphatic carbocycles. The quantitative estimate of drug-likeness (QED) is 0.898. The van der Waals surface area contributed by atoms with Crippen molar-refractivity contribution in [2.75, 3.05) is 13.2 Å². The fourth-order valence-electron chi connectivity index (χ4n) is 3.45. The SMILES string of the molecule is CCC1OCCC1C(O)CCc1ccc2c(c1)CCO2. The van der Waals surface area contributed by atoms with Gasteiger partial charge in [-0.3, -0.25) is 0 Å². The Hall–Kier alpha value is -1.06. The van der Waals surface area contributed by atoms with Gasteiger partial charge < -0.3 is 14.6 Å². The normalized spacial score (nSPS) is 26.3. The first-order valence-electron chi connectivity index (χ1n) is 7.82. The Bertz CT molecular complexity index is 458. The van der Waals surface area contributed by atoms with Crippen LogP contribution in [-0.4, -0.2) is 30.5 Å². The third kappa shape index (κ3) is 2.84. The van der Waals surface area contributed by atoms with Gasteiger partial charge in [-0.2, -0.15) is 0 Å². The minimum Gasteiger partial charge on any atom is -0.493 e. The fraction of sp³-hybridized carbons (Fsp3) is 0.647. The highest BCUT2D eigenvalue weighted by atomic mass is 16.5. The molecule has 110 valence electrons. The molecule has 2 aliphatic heterocycles. The lowest BCUT2D eigenvalue weighted by Crippen LogP contribution is -2.28. The van der Waals surface area contributed by atoms with Crippen LogP contribution in [0.5, 0.6) is 5.75 Å². The van der Waals surface area contributed by atoms with Crippen molar-refractivity contribution in [1.29, 1.82) is 0 Å². The van der Waals surface area contributed by atoms with Crippen LogP contribution in [0.25, 0.3) is 0 Å². The number of hydrogen-bond donors (Lipinski definition) is 1. The summed E-state index contributed by atoms with van der Waals surface area (Å²) in [5, 5.41) is 10.4. The van der Waals surface area contributed by atoms with Gasteiger partial charge in [-0.05, 0) is 42.9 Å². The van der Waals surface area contributed by atoms with Crippen molar-refractivity contribution < 1.29 is 14.6 Å². The Morgan fingerprint density at radius 3 is 3.10 bits per heavy atom. The van der Waals surface area contributed by atoms with Crippen LogP contribution in [0.2, 0.25) is 0 Å². The monoisotopic (exact) mass is 276 g/mol. The number of aliphatic hydroxyl groups is 1. The first kappa shape index (κ1) is 13.9. The summed E-state index contributed by atoms with van der Waals surface area (Å²) >= 11 is 0. The van der Waals surface area contributed by atoms with Crippen molar-refractivity contribution >= 4 is 0 Å². The minimum atomic E-state index is -0.244. The second-order valence-corrected chi connectivity index (χ2v) is 5.92. The number of aryl methyl sites for hydroxylation is 1. The molecule has 1 aromatic carbocycles. The van der Waals surface area contributed by atoms with E-state index in [0.29, 0.717) is 5.92 Å². The van der Waals surface area contributed by atoms with E-state index in [0.717, 1.165) is 51.1 Å². The van der Waals surface area contributed by atoms with E-state index in [2.05, 4.69) is 25.1 Å². The summed E-state index contributed by atoms with van der Waals surface area (Å²) in [6.07, 6.45) is 4.77. The molecule has 1 saturated heterocycles. The number of benzene rings is 1. The van der Waals surface area contributed by atoms with Gasteiger partial charge >= 0.3 is 0 Å². The van der Waals surface area contributed by atoms with Gasteiger partial charge in [0.15, 0.2) is 0 Å². The van der Waals surface area contributed by atoms with Crippen LogP contribution in [0.4, 0.5) is 0 Å². The third-order valence-corrected chi connectivity index (χ3v) is 4.64. The summed E-state index contributed by atoms with van der Waals surface area (Å²) in [6.45, 7) is 3.74. The molecule has 1 N–H and O–H groups in total. The topological polar surface area (TPSA) is 38.7 Å². The average molecular weight is 276 g/mol. The van der Waals surface area contributed by atoms with E-state index in [4.69, 9.17) is 9.47 Å². The van der Waals surface area contributed by atoms with Gasteiger partial charge in [0.2, 0.25) is 0 Å². The maximum absolute atomic E-state index is 10.4. The summed E-state index contributed by atoms with van der Waals surface area (Å²) in [5.74, 6) is 1.35. The molecule has 3 atom stereocenters. The van der Waals surface area contributed by atoms with Crippen molar-refractivity contribution in [2.45, 2.75) is 51.2 Å². The summed E-state index contributed by atoms with van der Waals surface area (Å²) in [4.78, 5) is 0. The van der Waals surface area contributed by atoms with Crippen LogP contribution in [-0.2, 0) is 17.6 Å². The highest BCUT2D eigenvalue weighted by molar-refractivity contribution is 5.39. The second-order valence-electron chi connectivity index (χ2n) is 5.92. The van der Waals surface area contributed by atoms with E-state index in [1.165, 1.54) is 11.1 Å². The average Bonchev–Trinajstić information content (AvgIpc) is 3.12. The summed E-state index contributed by atoms with van der Waals surface area (Å²) in [5.41, 5.74) is 2.62. The molecular formula is C17H24O3. The van der Waals surface area contributed by atoms with Crippen molar-refractivity contribution in [3.63, 3.8) is 0 Å². The molecule has 0 amide bonds. The molecule has 3 unspecified atom stereocenters. The number of ether oxygens (including phenoxy) is 2. The second kappa shape index (κ2) is 6.15. The highest BCUT2D eigenvalue weighted by Gasteiger charge is 2.32. The Balaban J connectivity index is 1.56. The largest absolute Gasteiger partial charge is 0.493 e. The predicted molar refractivity (Wildman–Crippen MR) is 78.1 cm³/mol. The van der Waals surface area contributed by atoms with Crippen LogP contribution in [0.15, 0.2) is 18.2 Å². The van der Waals surface area contributed by atoms with Gasteiger partial charge in [0.05, 0.1) is 18.8 Å². The molecule has 3 rings (SSSR count). The number of hydrogen-bond acceptors (Lipinski definition) is 3. The van der Waals surface area contributed by atoms with Gasteiger partial charge in [-0.15, -0.1) is 0 Å². The van der Waals surface area contributed by atoms with E-state index in [9.17, 15) is 5.11 Å². The molecule has 3 heteroatoms. The molecule has 0 bridgehead atoms. The van der Waals surface area contributed by atoms with Crippen LogP contribution < -0.4 is 4.74 Å². The maximum atomic E-state index is 10.4. The van der Waals surface area contributed by atoms with Gasteiger partial charge in [0.25, 0.3) is 0 Å². The molecule has 0 aromatic heterocycles.